The molecule has 0 saturated carbocycles. The standard InChI is InChI=1S/C24H25N3O2S/c1-16(2)15-27-22(20-10-6-12-30-20)21(18-8-3-4-9-19(18)24(27)29)23(28)26-14-17-7-5-11-25-13-17/h3-13,16,21-22H,14-15H2,1-2H3,(H,26,28)/t21-,22+/m0/s1. The zero-order valence-electron chi connectivity index (χ0n) is 17.1. The highest BCUT2D eigenvalue weighted by atomic mass is 32.1. The van der Waals surface area contributed by atoms with Crippen molar-refractivity contribution in [3.63, 3.8) is 0 Å². The molecule has 0 bridgehead atoms. The third-order valence-electron chi connectivity index (χ3n) is 5.31. The van der Waals surface area contributed by atoms with E-state index in [2.05, 4.69) is 24.1 Å². The fourth-order valence-corrected chi connectivity index (χ4v) is 4.92. The minimum Gasteiger partial charge on any atom is -0.351 e. The molecule has 0 unspecified atom stereocenters. The van der Waals surface area contributed by atoms with E-state index < -0.39 is 5.92 Å². The number of carbonyl (C=O) groups is 2. The number of hydrogen-bond donors (Lipinski definition) is 1. The lowest BCUT2D eigenvalue weighted by atomic mass is 9.81. The molecule has 1 aromatic carbocycles. The molecule has 2 aromatic heterocycles. The Kier molecular flexibility index (Phi) is 5.95. The van der Waals surface area contributed by atoms with Crippen LogP contribution in [0.5, 0.6) is 0 Å². The van der Waals surface area contributed by atoms with E-state index in [-0.39, 0.29) is 17.9 Å². The van der Waals surface area contributed by atoms with E-state index in [0.717, 1.165) is 16.0 Å². The summed E-state index contributed by atoms with van der Waals surface area (Å²) in [6.07, 6.45) is 3.46. The van der Waals surface area contributed by atoms with Crippen LogP contribution in [0.3, 0.4) is 0 Å². The highest BCUT2D eigenvalue weighted by Gasteiger charge is 2.44. The van der Waals surface area contributed by atoms with Crippen LogP contribution in [0.2, 0.25) is 0 Å². The lowest BCUT2D eigenvalue weighted by molar-refractivity contribution is -0.124. The molecule has 1 N–H and O–H groups in total. The second-order valence-corrected chi connectivity index (χ2v) is 8.93. The second-order valence-electron chi connectivity index (χ2n) is 7.96. The Morgan fingerprint density at radius 2 is 2.00 bits per heavy atom. The molecule has 154 valence electrons. The van der Waals surface area contributed by atoms with Crippen LogP contribution in [0.25, 0.3) is 0 Å². The highest BCUT2D eigenvalue weighted by Crippen LogP contribution is 2.44. The van der Waals surface area contributed by atoms with Crippen LogP contribution in [0.1, 0.15) is 52.2 Å². The minimum atomic E-state index is -0.465. The van der Waals surface area contributed by atoms with Crippen LogP contribution in [-0.4, -0.2) is 28.2 Å². The Bertz CT molecular complexity index is 1020. The van der Waals surface area contributed by atoms with Gasteiger partial charge in [-0.1, -0.05) is 44.2 Å². The van der Waals surface area contributed by atoms with Crippen molar-refractivity contribution in [1.82, 2.24) is 15.2 Å². The van der Waals surface area contributed by atoms with Gasteiger partial charge < -0.3 is 10.2 Å². The molecule has 1 aliphatic rings. The fourth-order valence-electron chi connectivity index (χ4n) is 4.05. The summed E-state index contributed by atoms with van der Waals surface area (Å²) < 4.78 is 0. The first kappa shape index (κ1) is 20.3. The van der Waals surface area contributed by atoms with Crippen LogP contribution >= 0.6 is 11.3 Å². The Morgan fingerprint density at radius 3 is 2.70 bits per heavy atom. The number of nitrogens with zero attached hydrogens (tertiary/aromatic N) is 2. The number of amides is 2. The van der Waals surface area contributed by atoms with Gasteiger partial charge in [-0.25, -0.2) is 0 Å². The first-order valence-electron chi connectivity index (χ1n) is 10.2. The van der Waals surface area contributed by atoms with Gasteiger partial charge in [0.25, 0.3) is 5.91 Å². The lowest BCUT2D eigenvalue weighted by Gasteiger charge is -2.42. The molecule has 4 rings (SSSR count). The molecule has 2 atom stereocenters. The smallest absolute Gasteiger partial charge is 0.254 e. The largest absolute Gasteiger partial charge is 0.351 e. The maximum absolute atomic E-state index is 13.5. The molecule has 3 aromatic rings. The van der Waals surface area contributed by atoms with Gasteiger partial charge in [0, 0.05) is 35.9 Å². The molecule has 5 nitrogen and oxygen atoms in total. The predicted molar refractivity (Wildman–Crippen MR) is 118 cm³/mol. The fraction of sp³-hybridized carbons (Fsp3) is 0.292. The molecule has 3 heterocycles. The molecule has 1 aliphatic heterocycles. The van der Waals surface area contributed by atoms with E-state index in [1.54, 1.807) is 23.7 Å². The van der Waals surface area contributed by atoms with E-state index in [0.29, 0.717) is 24.6 Å². The van der Waals surface area contributed by atoms with Crippen molar-refractivity contribution in [1.29, 1.82) is 0 Å². The number of rotatable bonds is 6. The average molecular weight is 420 g/mol. The van der Waals surface area contributed by atoms with Gasteiger partial charge in [-0.05, 0) is 40.6 Å². The van der Waals surface area contributed by atoms with Crippen molar-refractivity contribution in [2.45, 2.75) is 32.4 Å². The van der Waals surface area contributed by atoms with Crippen molar-refractivity contribution in [3.8, 4) is 0 Å². The van der Waals surface area contributed by atoms with Gasteiger partial charge in [-0.15, -0.1) is 11.3 Å². The lowest BCUT2D eigenvalue weighted by Crippen LogP contribution is -2.48. The zero-order valence-corrected chi connectivity index (χ0v) is 17.9. The van der Waals surface area contributed by atoms with Crippen molar-refractivity contribution < 1.29 is 9.59 Å². The molecule has 0 spiro atoms. The van der Waals surface area contributed by atoms with Crippen LogP contribution in [-0.2, 0) is 11.3 Å². The van der Waals surface area contributed by atoms with Crippen molar-refractivity contribution in [3.05, 3.63) is 87.9 Å². The van der Waals surface area contributed by atoms with Gasteiger partial charge in [0.1, 0.15) is 0 Å². The van der Waals surface area contributed by atoms with Crippen LogP contribution < -0.4 is 5.32 Å². The van der Waals surface area contributed by atoms with Crippen LogP contribution in [0.4, 0.5) is 0 Å². The minimum absolute atomic E-state index is 0.00555. The molecule has 0 saturated heterocycles. The number of nitrogens with one attached hydrogen (secondary N) is 1. The summed E-state index contributed by atoms with van der Waals surface area (Å²) in [5.74, 6) is -0.256. The van der Waals surface area contributed by atoms with E-state index in [9.17, 15) is 9.59 Å². The van der Waals surface area contributed by atoms with Gasteiger partial charge in [0.2, 0.25) is 5.91 Å². The third-order valence-corrected chi connectivity index (χ3v) is 6.25. The summed E-state index contributed by atoms with van der Waals surface area (Å²) in [5.41, 5.74) is 2.36. The Labute approximate surface area is 180 Å². The van der Waals surface area contributed by atoms with E-state index >= 15 is 0 Å². The number of fused-ring (bicyclic) bond motifs is 1. The third kappa shape index (κ3) is 4.00. The number of thiophene rings is 1. The van der Waals surface area contributed by atoms with Crippen molar-refractivity contribution in [2.75, 3.05) is 6.54 Å². The number of benzene rings is 1. The maximum Gasteiger partial charge on any atom is 0.254 e. The molecular weight excluding hydrogens is 394 g/mol. The van der Waals surface area contributed by atoms with Crippen LogP contribution in [0, 0.1) is 5.92 Å². The maximum atomic E-state index is 13.5. The summed E-state index contributed by atoms with van der Waals surface area (Å²) in [6.45, 7) is 5.19. The van der Waals surface area contributed by atoms with Crippen molar-refractivity contribution in [2.24, 2.45) is 5.92 Å². The molecule has 2 amide bonds. The van der Waals surface area contributed by atoms with Gasteiger partial charge in [-0.2, -0.15) is 0 Å². The summed E-state index contributed by atoms with van der Waals surface area (Å²) in [6, 6.07) is 15.0. The van der Waals surface area contributed by atoms with Crippen LogP contribution in [0.15, 0.2) is 66.3 Å². The van der Waals surface area contributed by atoms with E-state index in [1.165, 1.54) is 0 Å². The van der Waals surface area contributed by atoms with E-state index in [1.807, 2.05) is 58.8 Å². The van der Waals surface area contributed by atoms with Gasteiger partial charge in [0.15, 0.2) is 0 Å². The number of hydrogen-bond acceptors (Lipinski definition) is 4. The van der Waals surface area contributed by atoms with E-state index in [4.69, 9.17) is 0 Å². The van der Waals surface area contributed by atoms with Gasteiger partial charge in [-0.3, -0.25) is 14.6 Å². The Balaban J connectivity index is 1.74. The second kappa shape index (κ2) is 8.79. The first-order chi connectivity index (χ1) is 14.6. The Hall–Kier alpha value is -2.99. The normalized spacial score (nSPS) is 18.4. The summed E-state index contributed by atoms with van der Waals surface area (Å²) in [7, 11) is 0. The molecule has 0 aliphatic carbocycles. The zero-order chi connectivity index (χ0) is 21.1. The highest BCUT2D eigenvalue weighted by molar-refractivity contribution is 7.10. The summed E-state index contributed by atoms with van der Waals surface area (Å²) in [4.78, 5) is 33.9. The Morgan fingerprint density at radius 1 is 1.17 bits per heavy atom. The summed E-state index contributed by atoms with van der Waals surface area (Å²) >= 11 is 1.59. The SMILES string of the molecule is CC(C)CN1C(=O)c2ccccc2[C@H](C(=O)NCc2cccnc2)[C@H]1c1cccs1. The topological polar surface area (TPSA) is 62.3 Å². The molecule has 30 heavy (non-hydrogen) atoms. The quantitative estimate of drug-likeness (QED) is 0.644. The first-order valence-corrected chi connectivity index (χ1v) is 11.0. The number of carbonyl (C=O) groups excluding carboxylic acids is 2. The molecule has 0 radical (unpaired) electrons. The molecular formula is C24H25N3O2S. The number of pyridine rings is 1. The predicted octanol–water partition coefficient (Wildman–Crippen LogP) is 4.40. The molecule has 0 fully saturated rings. The monoisotopic (exact) mass is 419 g/mol. The number of aromatic nitrogens is 1. The van der Waals surface area contributed by atoms with Gasteiger partial charge in [0.05, 0.1) is 12.0 Å². The summed E-state index contributed by atoms with van der Waals surface area (Å²) in [5, 5.41) is 5.08. The molecule has 6 heteroatoms. The average Bonchev–Trinajstić information content (AvgIpc) is 3.29. The van der Waals surface area contributed by atoms with Crippen molar-refractivity contribution >= 4 is 23.2 Å². The van der Waals surface area contributed by atoms with Gasteiger partial charge >= 0.3 is 0 Å².